The van der Waals surface area contributed by atoms with Crippen LogP contribution in [0.1, 0.15) is 41.2 Å². The Morgan fingerprint density at radius 1 is 0.549 bits per heavy atom. The molecule has 244 valence electrons. The Morgan fingerprint density at radius 3 is 1.96 bits per heavy atom. The Kier molecular flexibility index (Phi) is 7.33. The minimum absolute atomic E-state index is 0.453. The first-order valence-corrected chi connectivity index (χ1v) is 17.7. The van der Waals surface area contributed by atoms with E-state index in [9.17, 15) is 0 Å². The van der Waals surface area contributed by atoms with Crippen molar-refractivity contribution in [2.24, 2.45) is 11.5 Å². The summed E-state index contributed by atoms with van der Waals surface area (Å²) in [6, 6.07) is 51.7. The molecule has 0 radical (unpaired) electrons. The van der Waals surface area contributed by atoms with Gasteiger partial charge in [0.1, 0.15) is 0 Å². The number of nitrogens with two attached hydrogens (primary N) is 2. The largest absolute Gasteiger partial charge is 0.402 e. The van der Waals surface area contributed by atoms with Gasteiger partial charge >= 0.3 is 0 Å². The normalized spacial score (nSPS) is 14.5. The van der Waals surface area contributed by atoms with E-state index in [1.807, 2.05) is 43.4 Å². The zero-order valence-electron chi connectivity index (χ0n) is 28.6. The maximum Gasteiger partial charge on any atom is 0.0726 e. The standard InChI is InChI=1S/C49H38N2/c1-2-3-19-36(50)20-6-13-27-47(51)35-18-14-17-34(28-35)41-31-46-48(40-24-8-7-21-37(40)41)42-29-32-15-4-5-16-33(32)30-45(42)49(46)43-25-11-9-22-38(43)39-23-10-12-26-44(39)49/h2-19,21-31H,20,50-51H2,1H3/b3-2-,13-6-,36-19-,47-27-. The van der Waals surface area contributed by atoms with Crippen LogP contribution in [0.3, 0.4) is 0 Å². The Morgan fingerprint density at radius 2 is 1.22 bits per heavy atom. The summed E-state index contributed by atoms with van der Waals surface area (Å²) in [4.78, 5) is 0. The van der Waals surface area contributed by atoms with Gasteiger partial charge in [-0.05, 0) is 126 Å². The minimum Gasteiger partial charge on any atom is -0.402 e. The van der Waals surface area contributed by atoms with Crippen molar-refractivity contribution in [2.45, 2.75) is 18.8 Å². The summed E-state index contributed by atoms with van der Waals surface area (Å²) in [5.41, 5.74) is 27.8. The van der Waals surface area contributed by atoms with Crippen LogP contribution in [0.4, 0.5) is 0 Å². The van der Waals surface area contributed by atoms with Gasteiger partial charge in [0.25, 0.3) is 0 Å². The third-order valence-electron chi connectivity index (χ3n) is 10.7. The predicted octanol–water partition coefficient (Wildman–Crippen LogP) is 11.7. The Balaban J connectivity index is 1.28. The van der Waals surface area contributed by atoms with Crippen molar-refractivity contribution in [2.75, 3.05) is 0 Å². The number of rotatable bonds is 6. The molecule has 0 bridgehead atoms. The van der Waals surface area contributed by atoms with E-state index in [1.54, 1.807) is 0 Å². The summed E-state index contributed by atoms with van der Waals surface area (Å²) in [5, 5.41) is 5.01. The summed E-state index contributed by atoms with van der Waals surface area (Å²) < 4.78 is 0. The lowest BCUT2D eigenvalue weighted by Gasteiger charge is -2.31. The molecule has 4 N–H and O–H groups in total. The number of allylic oxidation sites excluding steroid dienone is 6. The Hall–Kier alpha value is -6.38. The molecule has 51 heavy (non-hydrogen) atoms. The van der Waals surface area contributed by atoms with Crippen molar-refractivity contribution in [1.29, 1.82) is 0 Å². The highest BCUT2D eigenvalue weighted by Crippen LogP contribution is 2.64. The summed E-state index contributed by atoms with van der Waals surface area (Å²) in [6.07, 6.45) is 12.5. The molecular formula is C49H38N2. The van der Waals surface area contributed by atoms with Crippen LogP contribution in [0.2, 0.25) is 0 Å². The average molecular weight is 655 g/mol. The maximum atomic E-state index is 6.70. The van der Waals surface area contributed by atoms with Crippen molar-refractivity contribution in [3.05, 3.63) is 209 Å². The van der Waals surface area contributed by atoms with Crippen LogP contribution < -0.4 is 11.5 Å². The minimum atomic E-state index is -0.453. The zero-order chi connectivity index (χ0) is 34.5. The van der Waals surface area contributed by atoms with Crippen LogP contribution in [0.5, 0.6) is 0 Å². The molecule has 0 saturated heterocycles. The molecule has 7 aromatic rings. The van der Waals surface area contributed by atoms with Gasteiger partial charge in [0.2, 0.25) is 0 Å². The molecule has 9 rings (SSSR count). The summed E-state index contributed by atoms with van der Waals surface area (Å²) in [6.45, 7) is 1.98. The van der Waals surface area contributed by atoms with Gasteiger partial charge in [0.15, 0.2) is 0 Å². The SMILES string of the molecule is C/C=C\C=C(/N)C/C=C\C=C(/N)c1cccc(-c2cc3c(c4ccccc24)-c2cc4ccccc4cc2C32c3ccccc3-c3ccccc32)c1. The highest BCUT2D eigenvalue weighted by Gasteiger charge is 2.52. The second kappa shape index (κ2) is 12.2. The first kappa shape index (κ1) is 30.7. The van der Waals surface area contributed by atoms with Gasteiger partial charge < -0.3 is 11.5 Å². The van der Waals surface area contributed by atoms with E-state index in [1.165, 1.54) is 71.6 Å². The molecule has 1 spiro atoms. The third kappa shape index (κ3) is 4.71. The second-order valence-electron chi connectivity index (χ2n) is 13.6. The highest BCUT2D eigenvalue weighted by atomic mass is 14.6. The molecule has 0 saturated carbocycles. The van der Waals surface area contributed by atoms with E-state index in [0.29, 0.717) is 12.1 Å². The van der Waals surface area contributed by atoms with Crippen LogP contribution in [-0.4, -0.2) is 0 Å². The summed E-state index contributed by atoms with van der Waals surface area (Å²) in [5.74, 6) is 0. The van der Waals surface area contributed by atoms with Crippen LogP contribution >= 0.6 is 0 Å². The molecular weight excluding hydrogens is 617 g/mol. The van der Waals surface area contributed by atoms with E-state index in [-0.39, 0.29) is 0 Å². The summed E-state index contributed by atoms with van der Waals surface area (Å²) in [7, 11) is 0. The van der Waals surface area contributed by atoms with Gasteiger partial charge in [-0.1, -0.05) is 140 Å². The van der Waals surface area contributed by atoms with E-state index in [0.717, 1.165) is 16.8 Å². The van der Waals surface area contributed by atoms with Crippen LogP contribution in [0, 0.1) is 0 Å². The average Bonchev–Trinajstić information content (AvgIpc) is 3.64. The van der Waals surface area contributed by atoms with Gasteiger partial charge in [-0.3, -0.25) is 0 Å². The predicted molar refractivity (Wildman–Crippen MR) is 216 cm³/mol. The van der Waals surface area contributed by atoms with Crippen molar-refractivity contribution >= 4 is 27.2 Å². The third-order valence-corrected chi connectivity index (χ3v) is 10.7. The van der Waals surface area contributed by atoms with Crippen LogP contribution in [0.15, 0.2) is 182 Å². The zero-order valence-corrected chi connectivity index (χ0v) is 28.6. The quantitative estimate of drug-likeness (QED) is 0.175. The highest BCUT2D eigenvalue weighted by molar-refractivity contribution is 6.12. The van der Waals surface area contributed by atoms with Crippen LogP contribution in [-0.2, 0) is 5.41 Å². The fourth-order valence-electron chi connectivity index (χ4n) is 8.54. The molecule has 0 aromatic heterocycles. The Labute approximate surface area is 299 Å². The Bertz CT molecular complexity index is 2600. The molecule has 0 atom stereocenters. The van der Waals surface area contributed by atoms with Gasteiger partial charge in [-0.25, -0.2) is 0 Å². The molecule has 7 aromatic carbocycles. The molecule has 2 aliphatic rings. The van der Waals surface area contributed by atoms with E-state index in [2.05, 4.69) is 140 Å². The molecule has 0 unspecified atom stereocenters. The lowest BCUT2D eigenvalue weighted by atomic mass is 9.69. The van der Waals surface area contributed by atoms with Gasteiger partial charge in [-0.2, -0.15) is 0 Å². The van der Waals surface area contributed by atoms with Crippen LogP contribution in [0.25, 0.3) is 60.6 Å². The van der Waals surface area contributed by atoms with Gasteiger partial charge in [0, 0.05) is 17.8 Å². The number of fused-ring (bicyclic) bond motifs is 13. The van der Waals surface area contributed by atoms with E-state index >= 15 is 0 Å². The molecule has 0 heterocycles. The molecule has 0 amide bonds. The molecule has 2 heteroatoms. The fourth-order valence-corrected chi connectivity index (χ4v) is 8.54. The first-order chi connectivity index (χ1) is 25.1. The molecule has 2 aliphatic carbocycles. The topological polar surface area (TPSA) is 52.0 Å². The van der Waals surface area contributed by atoms with Crippen molar-refractivity contribution < 1.29 is 0 Å². The monoisotopic (exact) mass is 654 g/mol. The lowest BCUT2D eigenvalue weighted by Crippen LogP contribution is -2.26. The van der Waals surface area contributed by atoms with Gasteiger partial charge in [-0.15, -0.1) is 0 Å². The van der Waals surface area contributed by atoms with Crippen molar-refractivity contribution in [3.8, 4) is 33.4 Å². The lowest BCUT2D eigenvalue weighted by molar-refractivity contribution is 0.796. The van der Waals surface area contributed by atoms with Crippen molar-refractivity contribution in [1.82, 2.24) is 0 Å². The number of benzene rings is 7. The smallest absolute Gasteiger partial charge is 0.0726 e. The second-order valence-corrected chi connectivity index (χ2v) is 13.6. The summed E-state index contributed by atoms with van der Waals surface area (Å²) >= 11 is 0. The van der Waals surface area contributed by atoms with E-state index < -0.39 is 5.41 Å². The molecule has 2 nitrogen and oxygen atoms in total. The fraction of sp³-hybridized carbons (Fsp3) is 0.0612. The first-order valence-electron chi connectivity index (χ1n) is 17.7. The molecule has 0 fully saturated rings. The van der Waals surface area contributed by atoms with Gasteiger partial charge in [0.05, 0.1) is 5.41 Å². The molecule has 0 aliphatic heterocycles. The number of hydrogen-bond donors (Lipinski definition) is 2. The van der Waals surface area contributed by atoms with E-state index in [4.69, 9.17) is 11.5 Å². The van der Waals surface area contributed by atoms with Crippen molar-refractivity contribution in [3.63, 3.8) is 0 Å². The number of hydrogen-bond acceptors (Lipinski definition) is 2. The maximum absolute atomic E-state index is 6.70.